The van der Waals surface area contributed by atoms with E-state index in [1.54, 1.807) is 18.2 Å². The molecule has 1 saturated heterocycles. The number of rotatable bonds is 9. The summed E-state index contributed by atoms with van der Waals surface area (Å²) >= 11 is 0. The number of likely N-dealkylation sites (tertiary alicyclic amines) is 1. The molecule has 0 aliphatic carbocycles. The van der Waals surface area contributed by atoms with E-state index in [0.717, 1.165) is 28.9 Å². The molecule has 2 atom stereocenters. The van der Waals surface area contributed by atoms with Crippen molar-refractivity contribution in [2.24, 2.45) is 0 Å². The molecule has 2 aromatic rings. The summed E-state index contributed by atoms with van der Waals surface area (Å²) in [6.07, 6.45) is 0.806. The Bertz CT molecular complexity index is 1060. The third kappa shape index (κ3) is 6.09. The SMILES string of the molecule is O=C(O)COc1cccc([C@@H](CN2CCC(O)C2)NC(=O)Cc2ccc3c(c2)NC(=O)C3)c1. The van der Waals surface area contributed by atoms with Gasteiger partial charge in [0.05, 0.1) is 25.0 Å². The van der Waals surface area contributed by atoms with Gasteiger partial charge in [-0.3, -0.25) is 14.5 Å². The lowest BCUT2D eigenvalue weighted by Crippen LogP contribution is -2.38. The Kier molecular flexibility index (Phi) is 6.90. The summed E-state index contributed by atoms with van der Waals surface area (Å²) in [5, 5.41) is 24.6. The number of hydrogen-bond acceptors (Lipinski definition) is 6. The number of fused-ring (bicyclic) bond motifs is 1. The monoisotopic (exact) mass is 453 g/mol. The molecule has 0 saturated carbocycles. The first-order valence-electron chi connectivity index (χ1n) is 10.9. The van der Waals surface area contributed by atoms with Gasteiger partial charge in [0, 0.05) is 25.3 Å². The van der Waals surface area contributed by atoms with Crippen LogP contribution in [0.4, 0.5) is 5.69 Å². The van der Waals surface area contributed by atoms with Gasteiger partial charge in [-0.2, -0.15) is 0 Å². The lowest BCUT2D eigenvalue weighted by Gasteiger charge is -2.25. The Balaban J connectivity index is 1.47. The standard InChI is InChI=1S/C24H27N3O6/c28-18-6-7-27(12-18)13-21(16-2-1-3-19(10-16)33-14-24(31)32)26-22(29)9-15-4-5-17-11-23(30)25-20(17)8-15/h1-5,8,10,18,21,28H,6-7,9,11-14H2,(H,25,30)(H,26,29)(H,31,32)/t18?,21-/m1/s1. The molecule has 0 aromatic heterocycles. The Morgan fingerprint density at radius 3 is 2.85 bits per heavy atom. The summed E-state index contributed by atoms with van der Waals surface area (Å²) in [4.78, 5) is 37.4. The zero-order valence-corrected chi connectivity index (χ0v) is 18.1. The Labute approximate surface area is 191 Å². The van der Waals surface area contributed by atoms with Gasteiger partial charge in [-0.25, -0.2) is 4.79 Å². The first kappa shape index (κ1) is 22.8. The van der Waals surface area contributed by atoms with Crippen molar-refractivity contribution in [1.29, 1.82) is 0 Å². The topological polar surface area (TPSA) is 128 Å². The van der Waals surface area contributed by atoms with Gasteiger partial charge in [-0.05, 0) is 41.3 Å². The summed E-state index contributed by atoms with van der Waals surface area (Å²) in [6, 6.07) is 12.2. The summed E-state index contributed by atoms with van der Waals surface area (Å²) in [5.74, 6) is -0.892. The molecule has 33 heavy (non-hydrogen) atoms. The zero-order chi connectivity index (χ0) is 23.4. The minimum absolute atomic E-state index is 0.0514. The predicted molar refractivity (Wildman–Crippen MR) is 120 cm³/mol. The second-order valence-electron chi connectivity index (χ2n) is 8.47. The van der Waals surface area contributed by atoms with Crippen LogP contribution in [0, 0.1) is 0 Å². The van der Waals surface area contributed by atoms with Gasteiger partial charge < -0.3 is 25.6 Å². The molecule has 174 valence electrons. The molecule has 2 aliphatic heterocycles. The maximum absolute atomic E-state index is 12.9. The number of ether oxygens (including phenoxy) is 1. The fourth-order valence-corrected chi connectivity index (χ4v) is 4.24. The van der Waals surface area contributed by atoms with Crippen LogP contribution >= 0.6 is 0 Å². The zero-order valence-electron chi connectivity index (χ0n) is 18.1. The van der Waals surface area contributed by atoms with Crippen LogP contribution in [0.3, 0.4) is 0 Å². The molecule has 4 N–H and O–H groups in total. The molecule has 0 spiro atoms. The van der Waals surface area contributed by atoms with Crippen molar-refractivity contribution in [3.05, 3.63) is 59.2 Å². The van der Waals surface area contributed by atoms with Crippen LogP contribution in [-0.4, -0.2) is 65.2 Å². The smallest absolute Gasteiger partial charge is 0.341 e. The number of nitrogens with zero attached hydrogens (tertiary/aromatic N) is 1. The molecule has 2 amide bonds. The van der Waals surface area contributed by atoms with E-state index >= 15 is 0 Å². The van der Waals surface area contributed by atoms with Crippen molar-refractivity contribution < 1.29 is 29.3 Å². The van der Waals surface area contributed by atoms with E-state index in [1.807, 2.05) is 24.3 Å². The highest BCUT2D eigenvalue weighted by Gasteiger charge is 2.25. The van der Waals surface area contributed by atoms with Gasteiger partial charge in [0.1, 0.15) is 5.75 Å². The maximum Gasteiger partial charge on any atom is 0.341 e. The van der Waals surface area contributed by atoms with E-state index in [9.17, 15) is 19.5 Å². The summed E-state index contributed by atoms with van der Waals surface area (Å²) in [6.45, 7) is 1.32. The third-order valence-electron chi connectivity index (χ3n) is 5.81. The molecule has 0 radical (unpaired) electrons. The number of aliphatic carboxylic acids is 1. The Morgan fingerprint density at radius 2 is 2.09 bits per heavy atom. The number of β-amino-alcohol motifs (C(OH)–C–C–N with tert-alkyl or cyclic N) is 1. The van der Waals surface area contributed by atoms with Crippen LogP contribution in [-0.2, 0) is 27.2 Å². The number of amides is 2. The fraction of sp³-hybridized carbons (Fsp3) is 0.375. The van der Waals surface area contributed by atoms with Crippen molar-refractivity contribution in [2.75, 3.05) is 31.6 Å². The molecule has 1 unspecified atom stereocenters. The highest BCUT2D eigenvalue weighted by atomic mass is 16.5. The van der Waals surface area contributed by atoms with Gasteiger partial charge in [-0.15, -0.1) is 0 Å². The van der Waals surface area contributed by atoms with Crippen LogP contribution in [0.25, 0.3) is 0 Å². The lowest BCUT2D eigenvalue weighted by molar-refractivity contribution is -0.139. The minimum atomic E-state index is -1.07. The largest absolute Gasteiger partial charge is 0.482 e. The minimum Gasteiger partial charge on any atom is -0.482 e. The van der Waals surface area contributed by atoms with E-state index < -0.39 is 12.6 Å². The predicted octanol–water partition coefficient (Wildman–Crippen LogP) is 1.11. The van der Waals surface area contributed by atoms with Crippen LogP contribution in [0.2, 0.25) is 0 Å². The van der Waals surface area contributed by atoms with Crippen molar-refractivity contribution in [2.45, 2.75) is 31.4 Å². The number of aliphatic hydroxyl groups excluding tert-OH is 1. The molecule has 1 fully saturated rings. The molecule has 2 aliphatic rings. The van der Waals surface area contributed by atoms with Crippen LogP contribution in [0.5, 0.6) is 5.75 Å². The molecule has 2 aromatic carbocycles. The number of hydrogen-bond donors (Lipinski definition) is 4. The average Bonchev–Trinajstić information content (AvgIpc) is 3.35. The highest BCUT2D eigenvalue weighted by Crippen LogP contribution is 2.25. The highest BCUT2D eigenvalue weighted by molar-refractivity contribution is 5.99. The number of aliphatic hydroxyl groups is 1. The Hall–Kier alpha value is -3.43. The number of anilines is 1. The second-order valence-corrected chi connectivity index (χ2v) is 8.47. The fourth-order valence-electron chi connectivity index (χ4n) is 4.24. The molecular weight excluding hydrogens is 426 g/mol. The first-order valence-corrected chi connectivity index (χ1v) is 10.9. The van der Waals surface area contributed by atoms with Gasteiger partial charge >= 0.3 is 5.97 Å². The number of nitrogens with one attached hydrogen (secondary N) is 2. The molecule has 9 heteroatoms. The average molecular weight is 453 g/mol. The van der Waals surface area contributed by atoms with Crippen molar-refractivity contribution in [3.8, 4) is 5.75 Å². The van der Waals surface area contributed by atoms with Crippen LogP contribution in [0.1, 0.15) is 29.2 Å². The van der Waals surface area contributed by atoms with Crippen molar-refractivity contribution >= 4 is 23.5 Å². The van der Waals surface area contributed by atoms with Gasteiger partial charge in [0.15, 0.2) is 6.61 Å². The molecule has 9 nitrogen and oxygen atoms in total. The normalized spacial score (nSPS) is 18.5. The van der Waals surface area contributed by atoms with Gasteiger partial charge in [0.25, 0.3) is 0 Å². The number of carboxylic acids is 1. The summed E-state index contributed by atoms with van der Waals surface area (Å²) in [5.41, 5.74) is 3.25. The maximum atomic E-state index is 12.9. The molecule has 0 bridgehead atoms. The van der Waals surface area contributed by atoms with Gasteiger partial charge in [-0.1, -0.05) is 24.3 Å². The Morgan fingerprint density at radius 1 is 1.24 bits per heavy atom. The molecule has 2 heterocycles. The van der Waals surface area contributed by atoms with E-state index in [4.69, 9.17) is 9.84 Å². The number of carboxylic acid groups (broad SMARTS) is 1. The quantitative estimate of drug-likeness (QED) is 0.448. The second kappa shape index (κ2) is 10.0. The van der Waals surface area contributed by atoms with Gasteiger partial charge in [0.2, 0.25) is 11.8 Å². The third-order valence-corrected chi connectivity index (χ3v) is 5.81. The molecule has 4 rings (SSSR count). The lowest BCUT2D eigenvalue weighted by atomic mass is 10.0. The van der Waals surface area contributed by atoms with Crippen molar-refractivity contribution in [1.82, 2.24) is 10.2 Å². The summed E-state index contributed by atoms with van der Waals surface area (Å²) < 4.78 is 5.30. The number of carbonyl (C=O) groups excluding carboxylic acids is 2. The van der Waals surface area contributed by atoms with E-state index in [1.165, 1.54) is 0 Å². The van der Waals surface area contributed by atoms with E-state index in [-0.39, 0.29) is 30.4 Å². The van der Waals surface area contributed by atoms with E-state index in [2.05, 4.69) is 15.5 Å². The van der Waals surface area contributed by atoms with E-state index in [0.29, 0.717) is 31.7 Å². The number of carbonyl (C=O) groups is 3. The van der Waals surface area contributed by atoms with Crippen LogP contribution < -0.4 is 15.4 Å². The van der Waals surface area contributed by atoms with Crippen LogP contribution in [0.15, 0.2) is 42.5 Å². The molecular formula is C24H27N3O6. The van der Waals surface area contributed by atoms with Crippen molar-refractivity contribution in [3.63, 3.8) is 0 Å². The first-order chi connectivity index (χ1) is 15.9. The summed E-state index contributed by atoms with van der Waals surface area (Å²) in [7, 11) is 0. The number of benzene rings is 2.